The summed E-state index contributed by atoms with van der Waals surface area (Å²) in [7, 11) is -2.83. The number of anilines is 1. The molecular formula is C18H25F2N3O3S. The number of nitrogens with zero attached hydrogens (tertiary/aromatic N) is 1. The zero-order chi connectivity index (χ0) is 19.6. The van der Waals surface area contributed by atoms with E-state index in [0.717, 1.165) is 51.0 Å². The maximum Gasteiger partial charge on any atom is 0.253 e. The maximum atomic E-state index is 14.0. The fourth-order valence-electron chi connectivity index (χ4n) is 4.12. The summed E-state index contributed by atoms with van der Waals surface area (Å²) in [5.41, 5.74) is 4.43. The van der Waals surface area contributed by atoms with Gasteiger partial charge in [0.25, 0.3) is 5.91 Å². The molecule has 2 heterocycles. The Morgan fingerprint density at radius 2 is 1.70 bits per heavy atom. The van der Waals surface area contributed by atoms with Crippen LogP contribution in [0.3, 0.4) is 0 Å². The van der Waals surface area contributed by atoms with Crippen molar-refractivity contribution in [1.29, 1.82) is 0 Å². The van der Waals surface area contributed by atoms with E-state index in [-0.39, 0.29) is 11.9 Å². The van der Waals surface area contributed by atoms with E-state index in [1.54, 1.807) is 0 Å². The number of hydrogen-bond donors (Lipinski definition) is 2. The normalized spacial score (nSPS) is 25.9. The first-order valence-electron chi connectivity index (χ1n) is 9.36. The summed E-state index contributed by atoms with van der Waals surface area (Å²) in [5.74, 6) is -1.51. The number of sulfone groups is 1. The standard InChI is InChI=1S/C18H25F2N3O3S/c19-15-10-14(17(21)24)16(20)23-18(15)22-13-3-1-11(2-4-13)9-12-5-7-27(25,26)8-6-12/h10-13H,1-9H2,(H2,21,24)(H,22,23). The van der Waals surface area contributed by atoms with Crippen LogP contribution in [0.1, 0.15) is 55.3 Å². The van der Waals surface area contributed by atoms with Crippen LogP contribution in [0.4, 0.5) is 14.6 Å². The highest BCUT2D eigenvalue weighted by atomic mass is 32.2. The van der Waals surface area contributed by atoms with Crippen LogP contribution < -0.4 is 11.1 Å². The van der Waals surface area contributed by atoms with Gasteiger partial charge in [-0.05, 0) is 62.8 Å². The fourth-order valence-corrected chi connectivity index (χ4v) is 5.71. The molecule has 9 heteroatoms. The molecule has 3 rings (SSSR count). The van der Waals surface area contributed by atoms with Gasteiger partial charge in [0.05, 0.1) is 17.1 Å². The van der Waals surface area contributed by atoms with Crippen LogP contribution in [0.2, 0.25) is 0 Å². The van der Waals surface area contributed by atoms with Crippen molar-refractivity contribution in [2.75, 3.05) is 16.8 Å². The highest BCUT2D eigenvalue weighted by molar-refractivity contribution is 7.91. The van der Waals surface area contributed by atoms with Gasteiger partial charge < -0.3 is 11.1 Å². The number of nitrogens with two attached hydrogens (primary N) is 1. The van der Waals surface area contributed by atoms with Crippen molar-refractivity contribution in [3.63, 3.8) is 0 Å². The highest BCUT2D eigenvalue weighted by Gasteiger charge is 2.29. The quantitative estimate of drug-likeness (QED) is 0.739. The van der Waals surface area contributed by atoms with Gasteiger partial charge in [-0.25, -0.2) is 12.8 Å². The summed E-state index contributed by atoms with van der Waals surface area (Å²) in [5, 5.41) is 2.93. The summed E-state index contributed by atoms with van der Waals surface area (Å²) in [6.07, 6.45) is 6.10. The summed E-state index contributed by atoms with van der Waals surface area (Å²) in [6.45, 7) is 0. The lowest BCUT2D eigenvalue weighted by Gasteiger charge is -2.32. The van der Waals surface area contributed by atoms with Crippen molar-refractivity contribution in [2.45, 2.75) is 51.0 Å². The Balaban J connectivity index is 1.50. The number of rotatable bonds is 5. The molecule has 150 valence electrons. The first kappa shape index (κ1) is 20.0. The van der Waals surface area contributed by atoms with E-state index in [1.165, 1.54) is 0 Å². The summed E-state index contributed by atoms with van der Waals surface area (Å²) < 4.78 is 50.8. The Labute approximate surface area is 157 Å². The van der Waals surface area contributed by atoms with E-state index < -0.39 is 33.1 Å². The van der Waals surface area contributed by atoms with Gasteiger partial charge in [0, 0.05) is 6.04 Å². The van der Waals surface area contributed by atoms with Crippen molar-refractivity contribution in [3.05, 3.63) is 23.4 Å². The molecule has 1 aromatic heterocycles. The minimum Gasteiger partial charge on any atom is -0.365 e. The first-order chi connectivity index (χ1) is 12.7. The molecule has 1 aliphatic carbocycles. The van der Waals surface area contributed by atoms with Crippen LogP contribution in [0, 0.1) is 23.6 Å². The Morgan fingerprint density at radius 1 is 1.11 bits per heavy atom. The van der Waals surface area contributed by atoms with Gasteiger partial charge in [-0.3, -0.25) is 4.79 Å². The Bertz CT molecular complexity index is 794. The molecule has 3 N–H and O–H groups in total. The van der Waals surface area contributed by atoms with Crippen LogP contribution in [0.5, 0.6) is 0 Å². The molecule has 1 aromatic rings. The molecule has 1 amide bonds. The van der Waals surface area contributed by atoms with Crippen molar-refractivity contribution < 1.29 is 22.0 Å². The molecule has 0 atom stereocenters. The van der Waals surface area contributed by atoms with E-state index in [0.29, 0.717) is 23.3 Å². The lowest BCUT2D eigenvalue weighted by atomic mass is 9.79. The summed E-state index contributed by atoms with van der Waals surface area (Å²) in [4.78, 5) is 14.5. The number of carbonyl (C=O) groups is 1. The topological polar surface area (TPSA) is 102 Å². The molecule has 0 spiro atoms. The predicted molar refractivity (Wildman–Crippen MR) is 98.0 cm³/mol. The molecule has 0 unspecified atom stereocenters. The zero-order valence-electron chi connectivity index (χ0n) is 15.1. The lowest BCUT2D eigenvalue weighted by molar-refractivity contribution is 0.0995. The minimum absolute atomic E-state index is 0.00573. The van der Waals surface area contributed by atoms with E-state index in [1.807, 2.05) is 0 Å². The SMILES string of the molecule is NC(=O)c1cc(F)c(NC2CCC(CC3CCS(=O)(=O)CC3)CC2)nc1F. The number of amides is 1. The Hall–Kier alpha value is -1.77. The second-order valence-corrected chi connectivity index (χ2v) is 10.0. The van der Waals surface area contributed by atoms with Crippen molar-refractivity contribution in [2.24, 2.45) is 17.6 Å². The second-order valence-electron chi connectivity index (χ2n) is 7.71. The molecule has 0 radical (unpaired) electrons. The fraction of sp³-hybridized carbons (Fsp3) is 0.667. The van der Waals surface area contributed by atoms with Gasteiger partial charge in [0.15, 0.2) is 11.6 Å². The van der Waals surface area contributed by atoms with Crippen LogP contribution in [0.15, 0.2) is 6.07 Å². The van der Waals surface area contributed by atoms with Crippen LogP contribution >= 0.6 is 0 Å². The van der Waals surface area contributed by atoms with Gasteiger partial charge in [0.1, 0.15) is 9.84 Å². The number of carbonyl (C=O) groups excluding carboxylic acids is 1. The third kappa shape index (κ3) is 5.15. The minimum atomic E-state index is -2.83. The number of nitrogens with one attached hydrogen (secondary N) is 1. The Kier molecular flexibility index (Phi) is 5.98. The van der Waals surface area contributed by atoms with E-state index >= 15 is 0 Å². The van der Waals surface area contributed by atoms with Crippen LogP contribution in [-0.2, 0) is 9.84 Å². The number of primary amides is 1. The van der Waals surface area contributed by atoms with E-state index in [2.05, 4.69) is 10.3 Å². The van der Waals surface area contributed by atoms with Gasteiger partial charge in [-0.1, -0.05) is 0 Å². The number of halogens is 2. The molecule has 0 aromatic carbocycles. The predicted octanol–water partition coefficient (Wildman–Crippen LogP) is 2.64. The third-order valence-corrected chi connectivity index (χ3v) is 7.44. The monoisotopic (exact) mass is 401 g/mol. The third-order valence-electron chi connectivity index (χ3n) is 5.72. The molecule has 6 nitrogen and oxygen atoms in total. The van der Waals surface area contributed by atoms with E-state index in [9.17, 15) is 22.0 Å². The molecule has 1 saturated heterocycles. The Morgan fingerprint density at radius 3 is 2.30 bits per heavy atom. The highest BCUT2D eigenvalue weighted by Crippen LogP contribution is 2.34. The molecular weight excluding hydrogens is 376 g/mol. The maximum absolute atomic E-state index is 14.0. The smallest absolute Gasteiger partial charge is 0.253 e. The molecule has 1 aliphatic heterocycles. The van der Waals surface area contributed by atoms with Gasteiger partial charge >= 0.3 is 0 Å². The molecule has 27 heavy (non-hydrogen) atoms. The molecule has 2 fully saturated rings. The molecule has 0 bridgehead atoms. The van der Waals surface area contributed by atoms with Gasteiger partial charge in [0.2, 0.25) is 5.95 Å². The largest absolute Gasteiger partial charge is 0.365 e. The molecule has 2 aliphatic rings. The van der Waals surface area contributed by atoms with Crippen LogP contribution in [-0.4, -0.2) is 36.9 Å². The average molecular weight is 401 g/mol. The lowest BCUT2D eigenvalue weighted by Crippen LogP contribution is -2.30. The number of pyridine rings is 1. The van der Waals surface area contributed by atoms with Gasteiger partial charge in [-0.15, -0.1) is 0 Å². The van der Waals surface area contributed by atoms with Crippen molar-refractivity contribution in [3.8, 4) is 0 Å². The second kappa shape index (κ2) is 8.08. The van der Waals surface area contributed by atoms with E-state index in [4.69, 9.17) is 5.73 Å². The number of aromatic nitrogens is 1. The van der Waals surface area contributed by atoms with Gasteiger partial charge in [-0.2, -0.15) is 9.37 Å². The summed E-state index contributed by atoms with van der Waals surface area (Å²) in [6, 6.07) is 0.768. The number of hydrogen-bond acceptors (Lipinski definition) is 5. The van der Waals surface area contributed by atoms with Crippen molar-refractivity contribution >= 4 is 21.6 Å². The first-order valence-corrected chi connectivity index (χ1v) is 11.2. The zero-order valence-corrected chi connectivity index (χ0v) is 15.9. The molecule has 1 saturated carbocycles. The average Bonchev–Trinajstić information content (AvgIpc) is 2.61. The van der Waals surface area contributed by atoms with Crippen LogP contribution in [0.25, 0.3) is 0 Å². The summed E-state index contributed by atoms with van der Waals surface area (Å²) >= 11 is 0. The van der Waals surface area contributed by atoms with Crippen molar-refractivity contribution in [1.82, 2.24) is 4.98 Å².